The summed E-state index contributed by atoms with van der Waals surface area (Å²) in [6, 6.07) is 8.46. The van der Waals surface area contributed by atoms with Crippen LogP contribution in [-0.2, 0) is 6.54 Å². The van der Waals surface area contributed by atoms with E-state index in [1.807, 2.05) is 0 Å². The highest BCUT2D eigenvalue weighted by Gasteiger charge is 2.18. The normalized spacial score (nSPS) is 15.7. The molecule has 1 N–H and O–H groups in total. The molecule has 1 aliphatic heterocycles. The molecule has 0 atom stereocenters. The molecular formula is C17H24N6. The number of likely N-dealkylation sites (N-methyl/N-ethyl adjacent to an activating group) is 1. The summed E-state index contributed by atoms with van der Waals surface area (Å²) in [6.07, 6.45) is 1.68. The van der Waals surface area contributed by atoms with E-state index in [0.717, 1.165) is 51.0 Å². The number of piperazine rings is 1. The van der Waals surface area contributed by atoms with Crippen molar-refractivity contribution in [3.05, 3.63) is 41.6 Å². The highest BCUT2D eigenvalue weighted by atomic mass is 15.4. The van der Waals surface area contributed by atoms with E-state index in [0.29, 0.717) is 0 Å². The second-order valence-corrected chi connectivity index (χ2v) is 5.91. The average Bonchev–Trinajstić information content (AvgIpc) is 2.60. The van der Waals surface area contributed by atoms with Crippen LogP contribution < -0.4 is 10.2 Å². The monoisotopic (exact) mass is 312 g/mol. The van der Waals surface area contributed by atoms with E-state index in [1.54, 1.807) is 6.20 Å². The van der Waals surface area contributed by atoms with Crippen molar-refractivity contribution in [3.63, 3.8) is 0 Å². The molecule has 1 saturated heterocycles. The van der Waals surface area contributed by atoms with Crippen LogP contribution in [0, 0.1) is 6.92 Å². The lowest BCUT2D eigenvalue weighted by atomic mass is 10.1. The Morgan fingerprint density at radius 2 is 2.00 bits per heavy atom. The molecule has 0 radical (unpaired) electrons. The van der Waals surface area contributed by atoms with E-state index in [9.17, 15) is 0 Å². The van der Waals surface area contributed by atoms with Gasteiger partial charge in [0.2, 0.25) is 5.95 Å². The maximum absolute atomic E-state index is 4.61. The Kier molecular flexibility index (Phi) is 5.02. The molecular weight excluding hydrogens is 288 g/mol. The van der Waals surface area contributed by atoms with Gasteiger partial charge in [-0.1, -0.05) is 36.8 Å². The first-order valence-electron chi connectivity index (χ1n) is 8.21. The largest absolute Gasteiger partial charge is 0.365 e. The van der Waals surface area contributed by atoms with E-state index in [4.69, 9.17) is 0 Å². The number of nitrogens with one attached hydrogen (secondary N) is 1. The Balaban J connectivity index is 1.61. The Morgan fingerprint density at radius 3 is 2.74 bits per heavy atom. The number of rotatable bonds is 5. The van der Waals surface area contributed by atoms with Gasteiger partial charge in [0.25, 0.3) is 0 Å². The third-order valence-corrected chi connectivity index (χ3v) is 4.21. The van der Waals surface area contributed by atoms with Gasteiger partial charge in [-0.15, -0.1) is 5.10 Å². The maximum atomic E-state index is 4.61. The van der Waals surface area contributed by atoms with Crippen molar-refractivity contribution in [2.45, 2.75) is 20.4 Å². The Morgan fingerprint density at radius 1 is 1.17 bits per heavy atom. The number of hydrogen-bond acceptors (Lipinski definition) is 6. The molecule has 0 unspecified atom stereocenters. The summed E-state index contributed by atoms with van der Waals surface area (Å²) >= 11 is 0. The van der Waals surface area contributed by atoms with Crippen molar-refractivity contribution >= 4 is 11.8 Å². The predicted molar refractivity (Wildman–Crippen MR) is 92.7 cm³/mol. The van der Waals surface area contributed by atoms with Gasteiger partial charge in [-0.25, -0.2) is 0 Å². The minimum Gasteiger partial charge on any atom is -0.365 e. The van der Waals surface area contributed by atoms with E-state index in [1.165, 1.54) is 11.1 Å². The van der Waals surface area contributed by atoms with Gasteiger partial charge in [0.1, 0.15) is 0 Å². The lowest BCUT2D eigenvalue weighted by Crippen LogP contribution is -2.46. The minimum absolute atomic E-state index is 0.718. The van der Waals surface area contributed by atoms with Crippen molar-refractivity contribution in [2.75, 3.05) is 42.9 Å². The topological polar surface area (TPSA) is 57.2 Å². The fourth-order valence-electron chi connectivity index (χ4n) is 2.79. The molecule has 0 bridgehead atoms. The molecule has 1 aromatic heterocycles. The summed E-state index contributed by atoms with van der Waals surface area (Å²) < 4.78 is 0. The predicted octanol–water partition coefficient (Wildman–Crippen LogP) is 1.93. The van der Waals surface area contributed by atoms with Gasteiger partial charge in [-0.3, -0.25) is 0 Å². The lowest BCUT2D eigenvalue weighted by Gasteiger charge is -2.33. The van der Waals surface area contributed by atoms with Gasteiger partial charge in [0.05, 0.1) is 6.20 Å². The minimum atomic E-state index is 0.718. The van der Waals surface area contributed by atoms with Crippen LogP contribution in [0.2, 0.25) is 0 Å². The van der Waals surface area contributed by atoms with Crippen LogP contribution in [0.4, 0.5) is 11.8 Å². The quantitative estimate of drug-likeness (QED) is 0.910. The number of nitrogens with zero attached hydrogens (tertiary/aromatic N) is 5. The molecule has 2 heterocycles. The summed E-state index contributed by atoms with van der Waals surface area (Å²) in [6.45, 7) is 10.2. The van der Waals surface area contributed by atoms with Crippen molar-refractivity contribution in [1.82, 2.24) is 20.1 Å². The van der Waals surface area contributed by atoms with E-state index >= 15 is 0 Å². The SMILES string of the molecule is CCN1CCN(c2nncc(NCc3cccc(C)c3)n2)CC1. The van der Waals surface area contributed by atoms with Crippen molar-refractivity contribution in [3.8, 4) is 0 Å². The maximum Gasteiger partial charge on any atom is 0.247 e. The summed E-state index contributed by atoms with van der Waals surface area (Å²) in [4.78, 5) is 9.25. The van der Waals surface area contributed by atoms with Gasteiger partial charge < -0.3 is 15.1 Å². The first-order valence-corrected chi connectivity index (χ1v) is 8.21. The number of benzene rings is 1. The van der Waals surface area contributed by atoms with Crippen LogP contribution in [0.5, 0.6) is 0 Å². The average molecular weight is 312 g/mol. The van der Waals surface area contributed by atoms with Crippen LogP contribution in [0.25, 0.3) is 0 Å². The molecule has 0 amide bonds. The highest BCUT2D eigenvalue weighted by molar-refractivity contribution is 5.40. The third kappa shape index (κ3) is 4.16. The zero-order valence-electron chi connectivity index (χ0n) is 13.9. The Bertz CT molecular complexity index is 636. The van der Waals surface area contributed by atoms with E-state index < -0.39 is 0 Å². The van der Waals surface area contributed by atoms with Crippen LogP contribution in [-0.4, -0.2) is 52.8 Å². The molecule has 1 aliphatic rings. The van der Waals surface area contributed by atoms with Gasteiger partial charge in [-0.2, -0.15) is 10.1 Å². The first kappa shape index (κ1) is 15.7. The summed E-state index contributed by atoms with van der Waals surface area (Å²) in [5, 5.41) is 11.6. The van der Waals surface area contributed by atoms with E-state index in [2.05, 4.69) is 68.4 Å². The third-order valence-electron chi connectivity index (χ3n) is 4.21. The molecule has 2 aromatic rings. The van der Waals surface area contributed by atoms with Crippen LogP contribution in [0.1, 0.15) is 18.1 Å². The van der Waals surface area contributed by atoms with Gasteiger partial charge >= 0.3 is 0 Å². The summed E-state index contributed by atoms with van der Waals surface area (Å²) in [7, 11) is 0. The smallest absolute Gasteiger partial charge is 0.247 e. The molecule has 3 rings (SSSR count). The Labute approximate surface area is 137 Å². The number of aromatic nitrogens is 3. The zero-order valence-corrected chi connectivity index (χ0v) is 13.9. The highest BCUT2D eigenvalue weighted by Crippen LogP contribution is 2.13. The molecule has 0 saturated carbocycles. The molecule has 122 valence electrons. The Hall–Kier alpha value is -2.21. The number of hydrogen-bond donors (Lipinski definition) is 1. The molecule has 0 spiro atoms. The molecule has 23 heavy (non-hydrogen) atoms. The van der Waals surface area contributed by atoms with Gasteiger partial charge in [0, 0.05) is 32.7 Å². The number of aryl methyl sites for hydroxylation is 1. The van der Waals surface area contributed by atoms with Crippen molar-refractivity contribution in [1.29, 1.82) is 0 Å². The molecule has 0 aliphatic carbocycles. The molecule has 6 nitrogen and oxygen atoms in total. The summed E-state index contributed by atoms with van der Waals surface area (Å²) in [5.74, 6) is 1.49. The van der Waals surface area contributed by atoms with Gasteiger partial charge in [-0.05, 0) is 19.0 Å². The van der Waals surface area contributed by atoms with Crippen LogP contribution in [0.15, 0.2) is 30.5 Å². The van der Waals surface area contributed by atoms with Crippen LogP contribution >= 0.6 is 0 Å². The fourth-order valence-corrected chi connectivity index (χ4v) is 2.79. The van der Waals surface area contributed by atoms with Crippen molar-refractivity contribution in [2.24, 2.45) is 0 Å². The summed E-state index contributed by atoms with van der Waals surface area (Å²) in [5.41, 5.74) is 2.50. The fraction of sp³-hybridized carbons (Fsp3) is 0.471. The second-order valence-electron chi connectivity index (χ2n) is 5.91. The van der Waals surface area contributed by atoms with Gasteiger partial charge in [0.15, 0.2) is 5.82 Å². The van der Waals surface area contributed by atoms with Crippen molar-refractivity contribution < 1.29 is 0 Å². The number of anilines is 2. The lowest BCUT2D eigenvalue weighted by molar-refractivity contribution is 0.269. The van der Waals surface area contributed by atoms with Crippen LogP contribution in [0.3, 0.4) is 0 Å². The second kappa shape index (κ2) is 7.37. The zero-order chi connectivity index (χ0) is 16.1. The molecule has 6 heteroatoms. The van der Waals surface area contributed by atoms with E-state index in [-0.39, 0.29) is 0 Å². The molecule has 1 aromatic carbocycles. The molecule has 1 fully saturated rings. The standard InChI is InChI=1S/C17H24N6/c1-3-22-7-9-23(10-8-22)17-20-16(13-19-21-17)18-12-15-6-4-5-14(2)11-15/h4-6,11,13H,3,7-10,12H2,1-2H3,(H,18,20,21). The first-order chi connectivity index (χ1) is 11.2.